The SMILES string of the molecule is COc1cc2nn(C3CCC(CN(C)C4CCN(c5cccc6c(N7CCC(=O)NC7=O)cncc56)CC4)CC3)cc2cc1NC(=O)c1cccc(C(F)(F)F)n1. The summed E-state index contributed by atoms with van der Waals surface area (Å²) in [6.07, 6.45) is 7.30. The molecule has 1 saturated carbocycles. The van der Waals surface area contributed by atoms with E-state index in [1.165, 1.54) is 13.2 Å². The van der Waals surface area contributed by atoms with Crippen molar-refractivity contribution in [3.05, 3.63) is 78.5 Å². The Kier molecular flexibility index (Phi) is 10.5. The Morgan fingerprint density at radius 1 is 0.965 bits per heavy atom. The number of halogens is 3. The number of nitrogens with one attached hydrogen (secondary N) is 2. The summed E-state index contributed by atoms with van der Waals surface area (Å²) >= 11 is 0. The topological polar surface area (TPSA) is 138 Å². The smallest absolute Gasteiger partial charge is 0.433 e. The van der Waals surface area contributed by atoms with Gasteiger partial charge in [-0.3, -0.25) is 29.5 Å². The molecule has 4 amide bonds. The number of urea groups is 1. The van der Waals surface area contributed by atoms with Crippen molar-refractivity contribution in [3.8, 4) is 5.75 Å². The van der Waals surface area contributed by atoms with Crippen molar-refractivity contribution >= 4 is 56.6 Å². The number of anilines is 3. The van der Waals surface area contributed by atoms with Crippen molar-refractivity contribution in [2.75, 3.05) is 55.5 Å². The van der Waals surface area contributed by atoms with E-state index in [4.69, 9.17) is 9.84 Å². The summed E-state index contributed by atoms with van der Waals surface area (Å²) < 4.78 is 47.0. The second-order valence-corrected chi connectivity index (χ2v) is 15.2. The first-order valence-corrected chi connectivity index (χ1v) is 19.3. The highest BCUT2D eigenvalue weighted by atomic mass is 19.4. The van der Waals surface area contributed by atoms with Gasteiger partial charge in [-0.15, -0.1) is 0 Å². The van der Waals surface area contributed by atoms with Crippen molar-refractivity contribution < 1.29 is 32.3 Å². The minimum absolute atomic E-state index is 0.225. The number of alkyl halides is 3. The van der Waals surface area contributed by atoms with E-state index in [9.17, 15) is 27.6 Å². The third-order valence-corrected chi connectivity index (χ3v) is 11.6. The van der Waals surface area contributed by atoms with Gasteiger partial charge in [-0.25, -0.2) is 9.78 Å². The molecule has 5 aromatic rings. The maximum atomic E-state index is 13.2. The van der Waals surface area contributed by atoms with Crippen molar-refractivity contribution in [1.29, 1.82) is 0 Å². The molecule has 0 bridgehead atoms. The Bertz CT molecular complexity index is 2320. The van der Waals surface area contributed by atoms with Crippen LogP contribution < -0.4 is 25.2 Å². The van der Waals surface area contributed by atoms with Crippen LogP contribution in [-0.2, 0) is 11.0 Å². The number of pyridine rings is 2. The molecular formula is C41H44F3N9O4. The first-order valence-electron chi connectivity index (χ1n) is 19.3. The molecule has 3 aliphatic rings. The van der Waals surface area contributed by atoms with Crippen LogP contribution in [0.1, 0.15) is 67.2 Å². The van der Waals surface area contributed by atoms with Gasteiger partial charge in [0.05, 0.1) is 36.2 Å². The van der Waals surface area contributed by atoms with Gasteiger partial charge in [-0.2, -0.15) is 18.3 Å². The van der Waals surface area contributed by atoms with Gasteiger partial charge in [0.15, 0.2) is 0 Å². The fraction of sp³-hybridized carbons (Fsp3) is 0.415. The van der Waals surface area contributed by atoms with Crippen LogP contribution in [0.4, 0.5) is 35.0 Å². The van der Waals surface area contributed by atoms with Crippen molar-refractivity contribution in [1.82, 2.24) is 30.0 Å². The zero-order valence-corrected chi connectivity index (χ0v) is 31.8. The number of fused-ring (bicyclic) bond motifs is 2. The fourth-order valence-electron chi connectivity index (χ4n) is 8.58. The molecule has 3 aromatic heterocycles. The molecule has 298 valence electrons. The average molecular weight is 784 g/mol. The largest absolute Gasteiger partial charge is 0.494 e. The number of piperidine rings is 1. The lowest BCUT2D eigenvalue weighted by molar-refractivity contribution is -0.141. The molecule has 2 saturated heterocycles. The standard InChI is InChI=1S/C41H44F3N9O4/c1-50(27-13-16-51(17-14-27)34-7-3-5-29-30(34)21-45-22-35(29)52-18-15-38(54)48-40(52)56)23-25-9-11-28(12-10-25)53-24-26-19-33(36(57-2)20-32(26)49-53)47-39(55)31-6-4-8-37(46-31)41(42,43)44/h3-8,19-22,24-25,27-28H,9-18,23H2,1-2H3,(H,47,55)(H,48,54,56). The van der Waals surface area contributed by atoms with Crippen LogP contribution in [0.5, 0.6) is 5.75 Å². The number of hydrogen-bond acceptors (Lipinski definition) is 9. The normalized spacial score (nSPS) is 19.7. The number of hydrogen-bond donors (Lipinski definition) is 2. The highest BCUT2D eigenvalue weighted by Crippen LogP contribution is 2.38. The van der Waals surface area contributed by atoms with E-state index >= 15 is 0 Å². The summed E-state index contributed by atoms with van der Waals surface area (Å²) in [4.78, 5) is 51.8. The zero-order chi connectivity index (χ0) is 39.8. The molecule has 0 radical (unpaired) electrons. The molecule has 1 aliphatic carbocycles. The molecule has 0 atom stereocenters. The van der Waals surface area contributed by atoms with E-state index in [2.05, 4.69) is 43.5 Å². The third-order valence-electron chi connectivity index (χ3n) is 11.6. The molecule has 2 aliphatic heterocycles. The predicted octanol–water partition coefficient (Wildman–Crippen LogP) is 7.04. The molecule has 2 aromatic carbocycles. The molecule has 13 nitrogen and oxygen atoms in total. The number of rotatable bonds is 9. The number of methoxy groups -OCH3 is 1. The van der Waals surface area contributed by atoms with Crippen LogP contribution in [0.25, 0.3) is 21.7 Å². The molecule has 5 heterocycles. The van der Waals surface area contributed by atoms with Crippen LogP contribution in [0.2, 0.25) is 0 Å². The predicted molar refractivity (Wildman–Crippen MR) is 210 cm³/mol. The first kappa shape index (κ1) is 38.1. The van der Waals surface area contributed by atoms with Crippen LogP contribution >= 0.6 is 0 Å². The number of nitrogens with zero attached hydrogens (tertiary/aromatic N) is 7. The minimum atomic E-state index is -4.66. The summed E-state index contributed by atoms with van der Waals surface area (Å²) in [7, 11) is 3.70. The second kappa shape index (κ2) is 15.6. The highest BCUT2D eigenvalue weighted by Gasteiger charge is 2.33. The van der Waals surface area contributed by atoms with E-state index in [0.29, 0.717) is 41.1 Å². The summed E-state index contributed by atoms with van der Waals surface area (Å²) in [5.74, 6) is -0.120. The summed E-state index contributed by atoms with van der Waals surface area (Å²) in [6.45, 7) is 3.18. The molecule has 0 spiro atoms. The maximum absolute atomic E-state index is 13.2. The molecule has 2 N–H and O–H groups in total. The van der Waals surface area contributed by atoms with Gasteiger partial charge >= 0.3 is 12.2 Å². The number of carbonyl (C=O) groups excluding carboxylic acids is 3. The molecule has 8 rings (SSSR count). The first-order chi connectivity index (χ1) is 27.4. The van der Waals surface area contributed by atoms with E-state index in [1.807, 2.05) is 29.2 Å². The number of imide groups is 1. The van der Waals surface area contributed by atoms with Gasteiger partial charge < -0.3 is 19.9 Å². The van der Waals surface area contributed by atoms with Crippen molar-refractivity contribution in [3.63, 3.8) is 0 Å². The summed E-state index contributed by atoms with van der Waals surface area (Å²) in [5, 5.41) is 12.6. The quantitative estimate of drug-likeness (QED) is 0.161. The minimum Gasteiger partial charge on any atom is -0.494 e. The molecule has 57 heavy (non-hydrogen) atoms. The molecular weight excluding hydrogens is 740 g/mol. The number of amides is 4. The Morgan fingerprint density at radius 2 is 1.74 bits per heavy atom. The van der Waals surface area contributed by atoms with Gasteiger partial charge in [-0.05, 0) is 75.8 Å². The van der Waals surface area contributed by atoms with Crippen LogP contribution in [0.15, 0.2) is 67.1 Å². The second-order valence-electron chi connectivity index (χ2n) is 15.2. The monoisotopic (exact) mass is 783 g/mol. The Balaban J connectivity index is 0.856. The molecule has 3 fully saturated rings. The lowest BCUT2D eigenvalue weighted by atomic mass is 9.85. The summed E-state index contributed by atoms with van der Waals surface area (Å²) in [5.41, 5.74) is 1.34. The van der Waals surface area contributed by atoms with E-state index in [1.54, 1.807) is 23.2 Å². The Morgan fingerprint density at radius 3 is 2.47 bits per heavy atom. The third kappa shape index (κ3) is 7.95. The van der Waals surface area contributed by atoms with Crippen LogP contribution in [0.3, 0.4) is 0 Å². The van der Waals surface area contributed by atoms with Gasteiger partial charge in [0.25, 0.3) is 5.91 Å². The number of benzene rings is 2. The van der Waals surface area contributed by atoms with Gasteiger partial charge in [0.1, 0.15) is 17.1 Å². The number of carbonyl (C=O) groups is 3. The number of aromatic nitrogens is 4. The lowest BCUT2D eigenvalue weighted by Gasteiger charge is -2.40. The summed E-state index contributed by atoms with van der Waals surface area (Å²) in [6, 6.07) is 13.1. The van der Waals surface area contributed by atoms with Gasteiger partial charge in [0.2, 0.25) is 5.91 Å². The average Bonchev–Trinajstić information content (AvgIpc) is 3.63. The lowest BCUT2D eigenvalue weighted by Crippen LogP contribution is -2.49. The fourth-order valence-corrected chi connectivity index (χ4v) is 8.58. The van der Waals surface area contributed by atoms with Gasteiger partial charge in [-0.1, -0.05) is 18.2 Å². The Hall–Kier alpha value is -5.77. The van der Waals surface area contributed by atoms with Crippen molar-refractivity contribution in [2.45, 2.75) is 63.2 Å². The Labute approximate surface area is 327 Å². The maximum Gasteiger partial charge on any atom is 0.433 e. The van der Waals surface area contributed by atoms with Crippen LogP contribution in [0, 0.1) is 5.92 Å². The zero-order valence-electron chi connectivity index (χ0n) is 31.8. The van der Waals surface area contributed by atoms with Crippen molar-refractivity contribution in [2.24, 2.45) is 5.92 Å². The van der Waals surface area contributed by atoms with E-state index in [0.717, 1.165) is 92.1 Å². The van der Waals surface area contributed by atoms with Gasteiger partial charge in [0, 0.05) is 78.9 Å². The number of ether oxygens (including phenoxy) is 1. The van der Waals surface area contributed by atoms with Crippen LogP contribution in [-0.4, -0.2) is 88.9 Å². The molecule has 0 unspecified atom stereocenters. The van der Waals surface area contributed by atoms with E-state index in [-0.39, 0.29) is 24.1 Å². The highest BCUT2D eigenvalue weighted by molar-refractivity contribution is 6.11. The van der Waals surface area contributed by atoms with E-state index < -0.39 is 23.8 Å². The molecule has 16 heteroatoms.